The molecule has 0 aliphatic heterocycles. The summed E-state index contributed by atoms with van der Waals surface area (Å²) in [4.78, 5) is 0. The summed E-state index contributed by atoms with van der Waals surface area (Å²) < 4.78 is 16.6. The van der Waals surface area contributed by atoms with Crippen molar-refractivity contribution in [1.29, 1.82) is 0 Å². The van der Waals surface area contributed by atoms with Gasteiger partial charge in [0.25, 0.3) is 0 Å². The first-order valence-electron chi connectivity index (χ1n) is 7.24. The van der Waals surface area contributed by atoms with Gasteiger partial charge in [-0.25, -0.2) is 0 Å². The first kappa shape index (κ1) is 15.0. The Labute approximate surface area is 121 Å². The predicted octanol–water partition coefficient (Wildman–Crippen LogP) is 3.26. The summed E-state index contributed by atoms with van der Waals surface area (Å²) in [5.41, 5.74) is 2.53. The molecule has 1 aliphatic rings. The van der Waals surface area contributed by atoms with E-state index in [1.54, 1.807) is 21.3 Å². The molecule has 112 valence electrons. The van der Waals surface area contributed by atoms with Crippen LogP contribution in [0.15, 0.2) is 6.07 Å². The minimum absolute atomic E-state index is 0.361. The Bertz CT molecular complexity index is 473. The second-order valence-corrected chi connectivity index (χ2v) is 5.24. The molecule has 1 aromatic carbocycles. The second-order valence-electron chi connectivity index (χ2n) is 5.24. The maximum atomic E-state index is 5.64. The molecule has 0 aromatic heterocycles. The fourth-order valence-electron chi connectivity index (χ4n) is 3.17. The van der Waals surface area contributed by atoms with Crippen molar-refractivity contribution in [2.75, 3.05) is 27.9 Å². The highest BCUT2D eigenvalue weighted by atomic mass is 16.5. The first-order valence-corrected chi connectivity index (χ1v) is 7.24. The number of hydrogen-bond acceptors (Lipinski definition) is 4. The maximum Gasteiger partial charge on any atom is 0.203 e. The van der Waals surface area contributed by atoms with Gasteiger partial charge in [-0.15, -0.1) is 0 Å². The number of benzene rings is 1. The van der Waals surface area contributed by atoms with E-state index in [4.69, 9.17) is 14.2 Å². The van der Waals surface area contributed by atoms with Gasteiger partial charge in [-0.05, 0) is 36.9 Å². The number of methoxy groups -OCH3 is 3. The van der Waals surface area contributed by atoms with Crippen molar-refractivity contribution in [3.05, 3.63) is 17.2 Å². The Hall–Kier alpha value is -1.42. The van der Waals surface area contributed by atoms with Crippen LogP contribution in [0.4, 0.5) is 0 Å². The Kier molecular flexibility index (Phi) is 4.76. The maximum absolute atomic E-state index is 5.64. The summed E-state index contributed by atoms with van der Waals surface area (Å²) in [7, 11) is 5.02. The van der Waals surface area contributed by atoms with Crippen molar-refractivity contribution in [1.82, 2.24) is 5.32 Å². The lowest BCUT2D eigenvalue weighted by Crippen LogP contribution is -2.26. The Morgan fingerprint density at radius 3 is 2.35 bits per heavy atom. The molecule has 0 saturated carbocycles. The molecule has 2 rings (SSSR count). The van der Waals surface area contributed by atoms with Crippen LogP contribution in [0.5, 0.6) is 17.2 Å². The van der Waals surface area contributed by atoms with Crippen LogP contribution in [0, 0.1) is 0 Å². The topological polar surface area (TPSA) is 39.7 Å². The van der Waals surface area contributed by atoms with Gasteiger partial charge in [-0.1, -0.05) is 13.8 Å². The van der Waals surface area contributed by atoms with E-state index < -0.39 is 0 Å². The highest BCUT2D eigenvalue weighted by Gasteiger charge is 2.31. The number of nitrogens with one attached hydrogen (secondary N) is 1. The van der Waals surface area contributed by atoms with Crippen LogP contribution >= 0.6 is 0 Å². The Morgan fingerprint density at radius 1 is 1.10 bits per heavy atom. The molecule has 20 heavy (non-hydrogen) atoms. The summed E-state index contributed by atoms with van der Waals surface area (Å²) >= 11 is 0. The third kappa shape index (κ3) is 2.44. The zero-order valence-corrected chi connectivity index (χ0v) is 13.1. The van der Waals surface area contributed by atoms with E-state index >= 15 is 0 Å². The number of hydrogen-bond donors (Lipinski definition) is 1. The minimum atomic E-state index is 0.361. The summed E-state index contributed by atoms with van der Waals surface area (Å²) in [6.45, 7) is 5.33. The third-order valence-corrected chi connectivity index (χ3v) is 4.11. The van der Waals surface area contributed by atoms with Gasteiger partial charge in [0.15, 0.2) is 11.5 Å². The standard InChI is InChI=1S/C16H25NO3/c1-6-17-12-8-7-10(2)14-11(12)9-13(18-3)15(19-4)16(14)20-5/h9-10,12,17H,6-8H2,1-5H3. The highest BCUT2D eigenvalue weighted by Crippen LogP contribution is 2.50. The molecule has 0 fully saturated rings. The molecule has 0 bridgehead atoms. The molecule has 0 heterocycles. The monoisotopic (exact) mass is 279 g/mol. The van der Waals surface area contributed by atoms with Crippen LogP contribution in [0.3, 0.4) is 0 Å². The smallest absolute Gasteiger partial charge is 0.203 e. The summed E-state index contributed by atoms with van der Waals surface area (Å²) in [5, 5.41) is 3.55. The Balaban J connectivity index is 2.63. The fraction of sp³-hybridized carbons (Fsp3) is 0.625. The molecule has 4 heteroatoms. The molecule has 4 nitrogen and oxygen atoms in total. The van der Waals surface area contributed by atoms with Crippen molar-refractivity contribution in [2.24, 2.45) is 0 Å². The van der Waals surface area contributed by atoms with Gasteiger partial charge in [-0.2, -0.15) is 0 Å². The van der Waals surface area contributed by atoms with Crippen molar-refractivity contribution in [2.45, 2.75) is 38.6 Å². The zero-order valence-electron chi connectivity index (χ0n) is 13.1. The van der Waals surface area contributed by atoms with Crippen LogP contribution in [-0.2, 0) is 0 Å². The number of ether oxygens (including phenoxy) is 3. The summed E-state index contributed by atoms with van der Waals surface area (Å²) in [6, 6.07) is 2.46. The SMILES string of the molecule is CCNC1CCC(C)c2c1cc(OC)c(OC)c2OC. The van der Waals surface area contributed by atoms with E-state index in [9.17, 15) is 0 Å². The molecule has 0 spiro atoms. The van der Waals surface area contributed by atoms with Gasteiger partial charge in [-0.3, -0.25) is 0 Å². The summed E-state index contributed by atoms with van der Waals surface area (Å²) in [6.07, 6.45) is 2.29. The molecule has 1 aliphatic carbocycles. The lowest BCUT2D eigenvalue weighted by atomic mass is 9.80. The van der Waals surface area contributed by atoms with Crippen molar-refractivity contribution in [3.63, 3.8) is 0 Å². The lowest BCUT2D eigenvalue weighted by molar-refractivity contribution is 0.314. The highest BCUT2D eigenvalue weighted by molar-refractivity contribution is 5.61. The quantitative estimate of drug-likeness (QED) is 0.898. The van der Waals surface area contributed by atoms with Crippen molar-refractivity contribution in [3.8, 4) is 17.2 Å². The van der Waals surface area contributed by atoms with E-state index in [2.05, 4.69) is 25.2 Å². The minimum Gasteiger partial charge on any atom is -0.493 e. The number of fused-ring (bicyclic) bond motifs is 1. The Morgan fingerprint density at radius 2 is 1.80 bits per heavy atom. The van der Waals surface area contributed by atoms with E-state index in [0.717, 1.165) is 30.9 Å². The van der Waals surface area contributed by atoms with Crippen molar-refractivity contribution < 1.29 is 14.2 Å². The largest absolute Gasteiger partial charge is 0.493 e. The van der Waals surface area contributed by atoms with Crippen LogP contribution in [-0.4, -0.2) is 27.9 Å². The molecular formula is C16H25NO3. The molecule has 1 aromatic rings. The van der Waals surface area contributed by atoms with Crippen LogP contribution < -0.4 is 19.5 Å². The van der Waals surface area contributed by atoms with E-state index in [-0.39, 0.29) is 0 Å². The van der Waals surface area contributed by atoms with Gasteiger partial charge in [0, 0.05) is 11.6 Å². The average Bonchev–Trinajstić information content (AvgIpc) is 2.48. The molecule has 1 N–H and O–H groups in total. The fourth-order valence-corrected chi connectivity index (χ4v) is 3.17. The van der Waals surface area contributed by atoms with E-state index in [0.29, 0.717) is 17.7 Å². The molecule has 0 amide bonds. The molecular weight excluding hydrogens is 254 g/mol. The van der Waals surface area contributed by atoms with Crippen LogP contribution in [0.1, 0.15) is 49.8 Å². The molecule has 2 atom stereocenters. The first-order chi connectivity index (χ1) is 9.67. The van der Waals surface area contributed by atoms with Crippen LogP contribution in [0.25, 0.3) is 0 Å². The average molecular weight is 279 g/mol. The third-order valence-electron chi connectivity index (χ3n) is 4.11. The van der Waals surface area contributed by atoms with E-state index in [1.807, 2.05) is 0 Å². The predicted molar refractivity (Wildman–Crippen MR) is 80.2 cm³/mol. The van der Waals surface area contributed by atoms with Crippen LogP contribution in [0.2, 0.25) is 0 Å². The molecule has 0 radical (unpaired) electrons. The normalized spacial score (nSPS) is 21.2. The molecule has 0 saturated heterocycles. The van der Waals surface area contributed by atoms with Gasteiger partial charge < -0.3 is 19.5 Å². The lowest BCUT2D eigenvalue weighted by Gasteiger charge is -2.32. The van der Waals surface area contributed by atoms with E-state index in [1.165, 1.54) is 11.1 Å². The van der Waals surface area contributed by atoms with Gasteiger partial charge >= 0.3 is 0 Å². The second kappa shape index (κ2) is 6.35. The zero-order chi connectivity index (χ0) is 14.7. The number of rotatable bonds is 5. The molecule has 2 unspecified atom stereocenters. The van der Waals surface area contributed by atoms with Gasteiger partial charge in [0.1, 0.15) is 0 Å². The van der Waals surface area contributed by atoms with Gasteiger partial charge in [0.05, 0.1) is 21.3 Å². The van der Waals surface area contributed by atoms with Gasteiger partial charge in [0.2, 0.25) is 5.75 Å². The summed E-state index contributed by atoms with van der Waals surface area (Å²) in [5.74, 6) is 2.71. The van der Waals surface area contributed by atoms with Crippen molar-refractivity contribution >= 4 is 0 Å².